The first kappa shape index (κ1) is 19.2. The summed E-state index contributed by atoms with van der Waals surface area (Å²) < 4.78 is 41.8. The highest BCUT2D eigenvalue weighted by Gasteiger charge is 2.34. The van der Waals surface area contributed by atoms with E-state index in [0.717, 1.165) is 31.1 Å². The zero-order valence-corrected chi connectivity index (χ0v) is 15.8. The van der Waals surface area contributed by atoms with E-state index in [1.807, 2.05) is 13.2 Å². The number of pyridine rings is 1. The number of halogens is 3. The molecule has 0 aliphatic carbocycles. The minimum absolute atomic E-state index is 0.0449. The molecule has 1 atom stereocenters. The minimum Gasteiger partial charge on any atom is -0.367 e. The van der Waals surface area contributed by atoms with E-state index >= 15 is 0 Å². The first-order valence-corrected chi connectivity index (χ1v) is 9.26. The molecule has 29 heavy (non-hydrogen) atoms. The van der Waals surface area contributed by atoms with Crippen LogP contribution < -0.4 is 10.2 Å². The summed E-state index contributed by atoms with van der Waals surface area (Å²) >= 11 is 0. The van der Waals surface area contributed by atoms with Gasteiger partial charge in [0.05, 0.1) is 11.9 Å². The molecule has 1 unspecified atom stereocenters. The highest BCUT2D eigenvalue weighted by molar-refractivity contribution is 5.54. The Labute approximate surface area is 165 Å². The summed E-state index contributed by atoms with van der Waals surface area (Å²) in [5.74, 6) is 0.0915. The Morgan fingerprint density at radius 2 is 2.07 bits per heavy atom. The summed E-state index contributed by atoms with van der Waals surface area (Å²) in [6.07, 6.45) is 2.39. The third-order valence-corrected chi connectivity index (χ3v) is 4.74. The lowest BCUT2D eigenvalue weighted by Crippen LogP contribution is -2.42. The van der Waals surface area contributed by atoms with Gasteiger partial charge in [0.2, 0.25) is 0 Å². The molecule has 4 rings (SSSR count). The van der Waals surface area contributed by atoms with Crippen LogP contribution in [0.3, 0.4) is 0 Å². The van der Waals surface area contributed by atoms with E-state index in [1.165, 1.54) is 6.20 Å². The second kappa shape index (κ2) is 7.69. The fraction of sp³-hybridized carbons (Fsp3) is 0.368. The third-order valence-electron chi connectivity index (χ3n) is 4.74. The summed E-state index contributed by atoms with van der Waals surface area (Å²) in [5, 5.41) is 7.35. The van der Waals surface area contributed by atoms with Crippen LogP contribution in [0, 0.1) is 0 Å². The molecule has 0 saturated carbocycles. The lowest BCUT2D eigenvalue weighted by atomic mass is 10.1. The molecule has 3 aromatic rings. The Bertz CT molecular complexity index is 971. The van der Waals surface area contributed by atoms with Crippen LogP contribution in [0.4, 0.5) is 24.7 Å². The summed E-state index contributed by atoms with van der Waals surface area (Å²) in [6, 6.07) is 5.87. The van der Waals surface area contributed by atoms with Gasteiger partial charge in [0.25, 0.3) is 0 Å². The van der Waals surface area contributed by atoms with Gasteiger partial charge in [-0.15, -0.1) is 0 Å². The number of aryl methyl sites for hydroxylation is 1. The normalized spacial score (nSPS) is 17.4. The van der Waals surface area contributed by atoms with Crippen molar-refractivity contribution in [3.05, 3.63) is 48.5 Å². The van der Waals surface area contributed by atoms with E-state index in [9.17, 15) is 13.2 Å². The van der Waals surface area contributed by atoms with Crippen LogP contribution in [0.1, 0.15) is 18.5 Å². The summed E-state index contributed by atoms with van der Waals surface area (Å²) in [6.45, 7) is 1.52. The average Bonchev–Trinajstić information content (AvgIpc) is 3.14. The predicted octanol–water partition coefficient (Wildman–Crippen LogP) is 3.37. The predicted molar refractivity (Wildman–Crippen MR) is 102 cm³/mol. The lowest BCUT2D eigenvalue weighted by molar-refractivity contribution is -0.141. The van der Waals surface area contributed by atoms with Crippen molar-refractivity contribution in [2.75, 3.05) is 23.3 Å². The Hall–Kier alpha value is -3.17. The molecule has 152 valence electrons. The molecule has 0 radical (unpaired) electrons. The number of rotatable bonds is 4. The van der Waals surface area contributed by atoms with Crippen molar-refractivity contribution >= 4 is 11.5 Å². The Morgan fingerprint density at radius 3 is 2.76 bits per heavy atom. The maximum absolute atomic E-state index is 13.4. The number of piperidine rings is 1. The van der Waals surface area contributed by atoms with E-state index in [-0.39, 0.29) is 17.7 Å². The van der Waals surface area contributed by atoms with E-state index in [1.54, 1.807) is 29.1 Å². The first-order valence-electron chi connectivity index (χ1n) is 9.26. The van der Waals surface area contributed by atoms with Gasteiger partial charge in [-0.3, -0.25) is 9.67 Å². The van der Waals surface area contributed by atoms with Gasteiger partial charge in [0.15, 0.2) is 11.5 Å². The van der Waals surface area contributed by atoms with Crippen LogP contribution in [0.25, 0.3) is 11.5 Å². The van der Waals surface area contributed by atoms with Crippen LogP contribution in [-0.4, -0.2) is 43.9 Å². The molecule has 1 aliphatic rings. The van der Waals surface area contributed by atoms with Crippen molar-refractivity contribution in [2.24, 2.45) is 7.05 Å². The zero-order chi connectivity index (χ0) is 20.4. The van der Waals surface area contributed by atoms with Crippen molar-refractivity contribution in [1.29, 1.82) is 0 Å². The van der Waals surface area contributed by atoms with Gasteiger partial charge in [-0.1, -0.05) is 6.07 Å². The average molecular weight is 403 g/mol. The van der Waals surface area contributed by atoms with Crippen LogP contribution in [0.2, 0.25) is 0 Å². The molecule has 0 aromatic carbocycles. The van der Waals surface area contributed by atoms with Gasteiger partial charge >= 0.3 is 6.18 Å². The van der Waals surface area contributed by atoms with Gasteiger partial charge in [-0.2, -0.15) is 18.3 Å². The number of hydrogen-bond acceptors (Lipinski definition) is 6. The van der Waals surface area contributed by atoms with Gasteiger partial charge < -0.3 is 10.2 Å². The maximum Gasteiger partial charge on any atom is 0.433 e. The Morgan fingerprint density at radius 1 is 1.21 bits per heavy atom. The molecule has 4 heterocycles. The zero-order valence-electron chi connectivity index (χ0n) is 15.8. The van der Waals surface area contributed by atoms with Gasteiger partial charge in [0.1, 0.15) is 11.5 Å². The van der Waals surface area contributed by atoms with E-state index in [2.05, 4.69) is 30.3 Å². The molecular formula is C19H20F3N7. The summed E-state index contributed by atoms with van der Waals surface area (Å²) in [5.41, 5.74) is 0.296. The topological polar surface area (TPSA) is 71.8 Å². The molecule has 0 amide bonds. The maximum atomic E-state index is 13.4. The quantitative estimate of drug-likeness (QED) is 0.720. The van der Waals surface area contributed by atoms with Gasteiger partial charge in [-0.05, 0) is 25.0 Å². The van der Waals surface area contributed by atoms with Crippen molar-refractivity contribution in [2.45, 2.75) is 25.1 Å². The Kier molecular flexibility index (Phi) is 5.08. The minimum atomic E-state index is -4.57. The summed E-state index contributed by atoms with van der Waals surface area (Å²) in [7, 11) is 1.85. The molecule has 1 saturated heterocycles. The second-order valence-corrected chi connectivity index (χ2v) is 6.98. The van der Waals surface area contributed by atoms with Crippen LogP contribution >= 0.6 is 0 Å². The molecule has 0 bridgehead atoms. The third kappa shape index (κ3) is 4.47. The SMILES string of the molecule is Cn1cc(N2CCCC(Nc3cc(C(F)(F)F)nc(-c4ccccn4)n3)C2)cn1. The van der Waals surface area contributed by atoms with Crippen molar-refractivity contribution in [3.63, 3.8) is 0 Å². The second-order valence-electron chi connectivity index (χ2n) is 6.98. The monoisotopic (exact) mass is 403 g/mol. The molecular weight excluding hydrogens is 383 g/mol. The Balaban J connectivity index is 1.59. The van der Waals surface area contributed by atoms with Crippen molar-refractivity contribution < 1.29 is 13.2 Å². The molecule has 10 heteroatoms. The number of aromatic nitrogens is 5. The number of alkyl halides is 3. The first-order chi connectivity index (χ1) is 13.9. The number of anilines is 2. The fourth-order valence-corrected chi connectivity index (χ4v) is 3.39. The van der Waals surface area contributed by atoms with E-state index < -0.39 is 11.9 Å². The number of hydrogen-bond donors (Lipinski definition) is 1. The van der Waals surface area contributed by atoms with Gasteiger partial charge in [0, 0.05) is 44.6 Å². The van der Waals surface area contributed by atoms with Crippen molar-refractivity contribution in [1.82, 2.24) is 24.7 Å². The van der Waals surface area contributed by atoms with Gasteiger partial charge in [-0.25, -0.2) is 9.97 Å². The molecule has 1 N–H and O–H groups in total. The molecule has 1 aliphatic heterocycles. The van der Waals surface area contributed by atoms with Crippen LogP contribution in [-0.2, 0) is 13.2 Å². The summed E-state index contributed by atoms with van der Waals surface area (Å²) in [4.78, 5) is 14.2. The van der Waals surface area contributed by atoms with Crippen LogP contribution in [0.15, 0.2) is 42.9 Å². The highest BCUT2D eigenvalue weighted by atomic mass is 19.4. The molecule has 0 spiro atoms. The molecule has 7 nitrogen and oxygen atoms in total. The largest absolute Gasteiger partial charge is 0.433 e. The standard InChI is InChI=1S/C19H20F3N7/c1-28-12-14(10-24-28)29-8-4-5-13(11-29)25-17-9-16(19(20,21)22)26-18(27-17)15-6-2-3-7-23-15/h2-3,6-7,9-10,12-13H,4-5,8,11H2,1H3,(H,25,26,27). The molecule has 3 aromatic heterocycles. The molecule has 1 fully saturated rings. The fourth-order valence-electron chi connectivity index (χ4n) is 3.39. The van der Waals surface area contributed by atoms with E-state index in [0.29, 0.717) is 12.2 Å². The van der Waals surface area contributed by atoms with Crippen LogP contribution in [0.5, 0.6) is 0 Å². The lowest BCUT2D eigenvalue weighted by Gasteiger charge is -2.34. The smallest absolute Gasteiger partial charge is 0.367 e. The number of nitrogens with zero attached hydrogens (tertiary/aromatic N) is 6. The highest BCUT2D eigenvalue weighted by Crippen LogP contribution is 2.31. The van der Waals surface area contributed by atoms with E-state index in [4.69, 9.17) is 0 Å². The number of nitrogens with one attached hydrogen (secondary N) is 1. The van der Waals surface area contributed by atoms with Crippen molar-refractivity contribution in [3.8, 4) is 11.5 Å².